The molecule has 0 aliphatic heterocycles. The molecule has 0 fully saturated rings. The third-order valence-electron chi connectivity index (χ3n) is 1.62. The fourth-order valence-electron chi connectivity index (χ4n) is 0.842. The molecule has 1 aromatic rings. The fraction of sp³-hybridized carbons (Fsp3) is 0.125. The maximum Gasteiger partial charge on any atom is 0.337 e. The van der Waals surface area contributed by atoms with Crippen LogP contribution < -0.4 is 0 Å². The van der Waals surface area contributed by atoms with Gasteiger partial charge in [0.05, 0.1) is 15.6 Å². The van der Waals surface area contributed by atoms with Crippen LogP contribution in [0.1, 0.15) is 15.9 Å². The van der Waals surface area contributed by atoms with E-state index < -0.39 is 11.8 Å². The Morgan fingerprint density at radius 2 is 2.00 bits per heavy atom. The van der Waals surface area contributed by atoms with Crippen molar-refractivity contribution >= 4 is 29.2 Å². The van der Waals surface area contributed by atoms with Crippen LogP contribution >= 0.6 is 23.2 Å². The van der Waals surface area contributed by atoms with E-state index in [0.717, 1.165) is 6.07 Å². The monoisotopic (exact) mass is 222 g/mol. The SMILES string of the molecule is Cc1c(F)cc(C(=O)O)c(Cl)c1Cl. The summed E-state index contributed by atoms with van der Waals surface area (Å²) in [5, 5.41) is 8.41. The van der Waals surface area contributed by atoms with Gasteiger partial charge in [0.1, 0.15) is 5.82 Å². The van der Waals surface area contributed by atoms with Crippen LogP contribution in [0.4, 0.5) is 4.39 Å². The molecule has 13 heavy (non-hydrogen) atoms. The van der Waals surface area contributed by atoms with Crippen LogP contribution in [0.5, 0.6) is 0 Å². The molecule has 0 spiro atoms. The van der Waals surface area contributed by atoms with Gasteiger partial charge in [-0.1, -0.05) is 23.2 Å². The highest BCUT2D eigenvalue weighted by atomic mass is 35.5. The van der Waals surface area contributed by atoms with Crippen LogP contribution in [-0.2, 0) is 0 Å². The number of carboxylic acid groups (broad SMARTS) is 1. The minimum Gasteiger partial charge on any atom is -0.478 e. The first-order valence-corrected chi connectivity index (χ1v) is 4.08. The standard InChI is InChI=1S/C8H5Cl2FO2/c1-3-5(11)2-4(8(12)13)7(10)6(3)9/h2H,1H3,(H,12,13). The van der Waals surface area contributed by atoms with Crippen molar-refractivity contribution in [1.29, 1.82) is 0 Å². The lowest BCUT2D eigenvalue weighted by Crippen LogP contribution is -2.00. The molecule has 0 amide bonds. The van der Waals surface area contributed by atoms with Crippen molar-refractivity contribution in [2.45, 2.75) is 6.92 Å². The van der Waals surface area contributed by atoms with Gasteiger partial charge in [0, 0.05) is 5.56 Å². The van der Waals surface area contributed by atoms with Gasteiger partial charge in [-0.25, -0.2) is 9.18 Å². The zero-order valence-electron chi connectivity index (χ0n) is 6.57. The van der Waals surface area contributed by atoms with E-state index in [1.54, 1.807) is 0 Å². The molecule has 2 nitrogen and oxygen atoms in total. The van der Waals surface area contributed by atoms with Crippen LogP contribution in [0.3, 0.4) is 0 Å². The van der Waals surface area contributed by atoms with Crippen molar-refractivity contribution in [1.82, 2.24) is 0 Å². The van der Waals surface area contributed by atoms with Crippen LogP contribution in [0.15, 0.2) is 6.07 Å². The summed E-state index contributed by atoms with van der Waals surface area (Å²) in [6.07, 6.45) is 0. The Morgan fingerprint density at radius 1 is 1.46 bits per heavy atom. The molecule has 0 saturated carbocycles. The second kappa shape index (κ2) is 3.52. The number of carboxylic acids is 1. The molecular weight excluding hydrogens is 218 g/mol. The zero-order valence-corrected chi connectivity index (χ0v) is 8.08. The van der Waals surface area contributed by atoms with Crippen LogP contribution in [0.25, 0.3) is 0 Å². The van der Waals surface area contributed by atoms with E-state index in [1.165, 1.54) is 6.92 Å². The Morgan fingerprint density at radius 3 is 2.46 bits per heavy atom. The van der Waals surface area contributed by atoms with Crippen molar-refractivity contribution in [2.75, 3.05) is 0 Å². The van der Waals surface area contributed by atoms with Gasteiger partial charge in [-0.3, -0.25) is 0 Å². The molecule has 0 unspecified atom stereocenters. The van der Waals surface area contributed by atoms with E-state index in [1.807, 2.05) is 0 Å². The molecular formula is C8H5Cl2FO2. The molecule has 0 aromatic heterocycles. The van der Waals surface area contributed by atoms with Gasteiger partial charge in [-0.05, 0) is 13.0 Å². The summed E-state index contributed by atoms with van der Waals surface area (Å²) in [5.41, 5.74) is -0.175. The predicted octanol–water partition coefficient (Wildman–Crippen LogP) is 3.14. The highest BCUT2D eigenvalue weighted by molar-refractivity contribution is 6.44. The molecule has 5 heteroatoms. The van der Waals surface area contributed by atoms with E-state index in [9.17, 15) is 9.18 Å². The highest BCUT2D eigenvalue weighted by Crippen LogP contribution is 2.30. The van der Waals surface area contributed by atoms with Crippen LogP contribution in [0.2, 0.25) is 10.0 Å². The van der Waals surface area contributed by atoms with Gasteiger partial charge >= 0.3 is 5.97 Å². The Bertz CT molecular complexity index is 377. The molecule has 1 N–H and O–H groups in total. The lowest BCUT2D eigenvalue weighted by atomic mass is 10.1. The Hall–Kier alpha value is -0.800. The second-order valence-corrected chi connectivity index (χ2v) is 3.22. The highest BCUT2D eigenvalue weighted by Gasteiger charge is 2.16. The van der Waals surface area contributed by atoms with Gasteiger partial charge in [0.25, 0.3) is 0 Å². The topological polar surface area (TPSA) is 37.3 Å². The van der Waals surface area contributed by atoms with Crippen molar-refractivity contribution in [2.24, 2.45) is 0 Å². The molecule has 0 heterocycles. The van der Waals surface area contributed by atoms with E-state index >= 15 is 0 Å². The first-order chi connectivity index (χ1) is 5.95. The Kier molecular flexibility index (Phi) is 2.78. The normalized spacial score (nSPS) is 10.2. The lowest BCUT2D eigenvalue weighted by Gasteiger charge is -2.05. The number of benzene rings is 1. The Labute approximate surface area is 83.9 Å². The molecule has 0 radical (unpaired) electrons. The van der Waals surface area contributed by atoms with Crippen LogP contribution in [0, 0.1) is 12.7 Å². The Balaban J connectivity index is 3.50. The van der Waals surface area contributed by atoms with Crippen molar-refractivity contribution in [3.63, 3.8) is 0 Å². The maximum absolute atomic E-state index is 13.0. The van der Waals surface area contributed by atoms with Gasteiger partial charge in [-0.15, -0.1) is 0 Å². The fourth-order valence-corrected chi connectivity index (χ4v) is 1.31. The summed E-state index contributed by atoms with van der Waals surface area (Å²) in [4.78, 5) is 10.5. The maximum atomic E-state index is 13.0. The third-order valence-corrected chi connectivity index (χ3v) is 2.58. The summed E-state index contributed by atoms with van der Waals surface area (Å²) < 4.78 is 13.0. The second-order valence-electron chi connectivity index (χ2n) is 2.46. The number of aromatic carboxylic acids is 1. The van der Waals surface area contributed by atoms with Gasteiger partial charge < -0.3 is 5.11 Å². The largest absolute Gasteiger partial charge is 0.478 e. The minimum atomic E-state index is -1.30. The van der Waals surface area contributed by atoms with Gasteiger partial charge in [0.2, 0.25) is 0 Å². The molecule has 1 rings (SSSR count). The smallest absolute Gasteiger partial charge is 0.337 e. The van der Waals surface area contributed by atoms with E-state index in [0.29, 0.717) is 0 Å². The summed E-state index contributed by atoms with van der Waals surface area (Å²) in [7, 11) is 0. The number of hydrogen-bond acceptors (Lipinski definition) is 1. The quantitative estimate of drug-likeness (QED) is 0.742. The molecule has 0 bridgehead atoms. The summed E-state index contributed by atoms with van der Waals surface area (Å²) >= 11 is 11.2. The average Bonchev–Trinajstić information content (AvgIpc) is 2.07. The first-order valence-electron chi connectivity index (χ1n) is 3.32. The van der Waals surface area contributed by atoms with E-state index in [2.05, 4.69) is 0 Å². The number of carbonyl (C=O) groups is 1. The lowest BCUT2D eigenvalue weighted by molar-refractivity contribution is 0.0696. The first kappa shape index (κ1) is 10.3. The third kappa shape index (κ3) is 1.76. The predicted molar refractivity (Wildman–Crippen MR) is 48.1 cm³/mol. The molecule has 1 aromatic carbocycles. The molecule has 0 aliphatic carbocycles. The molecule has 0 aliphatic rings. The molecule has 70 valence electrons. The van der Waals surface area contributed by atoms with E-state index in [4.69, 9.17) is 28.3 Å². The van der Waals surface area contributed by atoms with Gasteiger partial charge in [0.15, 0.2) is 0 Å². The van der Waals surface area contributed by atoms with Crippen molar-refractivity contribution < 1.29 is 14.3 Å². The van der Waals surface area contributed by atoms with Crippen molar-refractivity contribution in [3.05, 3.63) is 33.1 Å². The summed E-state index contributed by atoms with van der Waals surface area (Å²) in [6.45, 7) is 1.43. The summed E-state index contributed by atoms with van der Waals surface area (Å²) in [6, 6.07) is 0.853. The molecule has 0 atom stereocenters. The molecule has 0 saturated heterocycles. The average molecular weight is 223 g/mol. The zero-order chi connectivity index (χ0) is 10.2. The van der Waals surface area contributed by atoms with Crippen molar-refractivity contribution in [3.8, 4) is 0 Å². The number of hydrogen-bond donors (Lipinski definition) is 1. The van der Waals surface area contributed by atoms with Crippen LogP contribution in [-0.4, -0.2) is 11.1 Å². The van der Waals surface area contributed by atoms with Gasteiger partial charge in [-0.2, -0.15) is 0 Å². The summed E-state index contributed by atoms with van der Waals surface area (Å²) in [5.74, 6) is -1.97. The minimum absolute atomic E-state index is 0.0564. The number of halogens is 3. The number of rotatable bonds is 1. The van der Waals surface area contributed by atoms with E-state index in [-0.39, 0.29) is 21.2 Å².